The second kappa shape index (κ2) is 8.94. The van der Waals surface area contributed by atoms with Crippen molar-refractivity contribution in [1.29, 1.82) is 0 Å². The first-order valence-electron chi connectivity index (χ1n) is 9.37. The van der Waals surface area contributed by atoms with Crippen LogP contribution in [0.3, 0.4) is 0 Å². The Morgan fingerprint density at radius 3 is 2.67 bits per heavy atom. The van der Waals surface area contributed by atoms with Crippen LogP contribution in [0.2, 0.25) is 5.02 Å². The first-order chi connectivity index (χ1) is 14.7. The van der Waals surface area contributed by atoms with E-state index in [0.29, 0.717) is 28.8 Å². The summed E-state index contributed by atoms with van der Waals surface area (Å²) in [5.74, 6) is 1.05. The van der Waals surface area contributed by atoms with Crippen LogP contribution < -0.4 is 15.4 Å². The van der Waals surface area contributed by atoms with E-state index >= 15 is 0 Å². The van der Waals surface area contributed by atoms with Gasteiger partial charge in [0.2, 0.25) is 5.91 Å². The maximum Gasteiger partial charge on any atom is 0.246 e. The Bertz CT molecular complexity index is 1160. The van der Waals surface area contributed by atoms with E-state index in [-0.39, 0.29) is 5.91 Å². The molecule has 0 saturated heterocycles. The fourth-order valence-electron chi connectivity index (χ4n) is 3.17. The molecule has 0 radical (unpaired) electrons. The standard InChI is InChI=1S/C22H20ClN5O2/c1-30-18-11-10-16(13-17(18)23)25-22(29)21(15-7-3-2-4-8-15)24-14-20-27-26-19-9-5-6-12-28(19)20/h2-13,21,24H,14H2,1H3,(H,25,29)/t21-/m0/s1. The molecular weight excluding hydrogens is 402 g/mol. The number of rotatable bonds is 7. The number of pyridine rings is 1. The summed E-state index contributed by atoms with van der Waals surface area (Å²) in [4.78, 5) is 13.1. The van der Waals surface area contributed by atoms with Crippen molar-refractivity contribution in [2.75, 3.05) is 12.4 Å². The third-order valence-corrected chi connectivity index (χ3v) is 4.96. The van der Waals surface area contributed by atoms with E-state index in [0.717, 1.165) is 11.2 Å². The number of hydrogen-bond acceptors (Lipinski definition) is 5. The van der Waals surface area contributed by atoms with Gasteiger partial charge in [-0.2, -0.15) is 0 Å². The number of fused-ring (bicyclic) bond motifs is 1. The number of carbonyl (C=O) groups excluding carboxylic acids is 1. The van der Waals surface area contributed by atoms with Crippen LogP contribution in [0.25, 0.3) is 5.65 Å². The predicted octanol–water partition coefficient (Wildman–Crippen LogP) is 3.86. The molecule has 7 nitrogen and oxygen atoms in total. The number of carbonyl (C=O) groups is 1. The predicted molar refractivity (Wildman–Crippen MR) is 116 cm³/mol. The Kier molecular flexibility index (Phi) is 5.92. The molecule has 0 aliphatic rings. The van der Waals surface area contributed by atoms with E-state index < -0.39 is 6.04 Å². The van der Waals surface area contributed by atoms with Gasteiger partial charge in [0, 0.05) is 11.9 Å². The van der Waals surface area contributed by atoms with Gasteiger partial charge in [0.1, 0.15) is 11.8 Å². The molecule has 30 heavy (non-hydrogen) atoms. The SMILES string of the molecule is COc1ccc(NC(=O)[C@@H](NCc2nnc3ccccn23)c2ccccc2)cc1Cl. The lowest BCUT2D eigenvalue weighted by Gasteiger charge is -2.19. The molecule has 2 aromatic carbocycles. The van der Waals surface area contributed by atoms with Gasteiger partial charge in [-0.15, -0.1) is 10.2 Å². The normalized spacial score (nSPS) is 11.9. The summed E-state index contributed by atoms with van der Waals surface area (Å²) in [5.41, 5.74) is 2.17. The lowest BCUT2D eigenvalue weighted by atomic mass is 10.1. The largest absolute Gasteiger partial charge is 0.495 e. The summed E-state index contributed by atoms with van der Waals surface area (Å²) in [6.07, 6.45) is 1.89. The number of amides is 1. The summed E-state index contributed by atoms with van der Waals surface area (Å²) >= 11 is 6.18. The molecule has 0 bridgehead atoms. The van der Waals surface area contributed by atoms with E-state index in [4.69, 9.17) is 16.3 Å². The van der Waals surface area contributed by atoms with E-state index in [2.05, 4.69) is 20.8 Å². The molecule has 2 aromatic heterocycles. The number of hydrogen-bond donors (Lipinski definition) is 2. The van der Waals surface area contributed by atoms with Gasteiger partial charge < -0.3 is 10.1 Å². The van der Waals surface area contributed by atoms with Gasteiger partial charge in [-0.25, -0.2) is 0 Å². The van der Waals surface area contributed by atoms with Crippen molar-refractivity contribution in [1.82, 2.24) is 19.9 Å². The fraction of sp³-hybridized carbons (Fsp3) is 0.136. The second-order valence-electron chi connectivity index (χ2n) is 6.61. The maximum atomic E-state index is 13.1. The van der Waals surface area contributed by atoms with Crippen LogP contribution in [0.15, 0.2) is 72.9 Å². The molecule has 2 heterocycles. The third kappa shape index (κ3) is 4.27. The van der Waals surface area contributed by atoms with Crippen molar-refractivity contribution in [3.05, 3.63) is 89.3 Å². The number of nitrogens with one attached hydrogen (secondary N) is 2. The third-order valence-electron chi connectivity index (χ3n) is 4.66. The molecule has 4 aromatic rings. The Morgan fingerprint density at radius 2 is 1.90 bits per heavy atom. The molecule has 152 valence electrons. The number of methoxy groups -OCH3 is 1. The summed E-state index contributed by atoms with van der Waals surface area (Å²) in [6.45, 7) is 0.363. The minimum absolute atomic E-state index is 0.212. The van der Waals surface area contributed by atoms with E-state index in [1.165, 1.54) is 0 Å². The highest BCUT2D eigenvalue weighted by Crippen LogP contribution is 2.28. The zero-order valence-corrected chi connectivity index (χ0v) is 17.0. The van der Waals surface area contributed by atoms with Gasteiger partial charge in [-0.3, -0.25) is 14.5 Å². The van der Waals surface area contributed by atoms with Crippen molar-refractivity contribution in [2.24, 2.45) is 0 Å². The molecule has 0 aliphatic carbocycles. The van der Waals surface area contributed by atoms with Gasteiger partial charge in [-0.1, -0.05) is 48.0 Å². The average molecular weight is 422 g/mol. The van der Waals surface area contributed by atoms with Gasteiger partial charge in [-0.05, 0) is 35.9 Å². The molecule has 0 aliphatic heterocycles. The molecule has 2 N–H and O–H groups in total. The minimum Gasteiger partial charge on any atom is -0.495 e. The van der Waals surface area contributed by atoms with Crippen LogP contribution >= 0.6 is 11.6 Å². The van der Waals surface area contributed by atoms with Crippen LogP contribution in [0.5, 0.6) is 5.75 Å². The Morgan fingerprint density at radius 1 is 1.10 bits per heavy atom. The van der Waals surface area contributed by atoms with E-state index in [1.807, 2.05) is 59.1 Å². The molecule has 0 spiro atoms. The lowest BCUT2D eigenvalue weighted by molar-refractivity contribution is -0.118. The van der Waals surface area contributed by atoms with Crippen molar-refractivity contribution in [3.63, 3.8) is 0 Å². The first-order valence-corrected chi connectivity index (χ1v) is 9.75. The van der Waals surface area contributed by atoms with Crippen molar-refractivity contribution in [3.8, 4) is 5.75 Å². The van der Waals surface area contributed by atoms with E-state index in [1.54, 1.807) is 25.3 Å². The van der Waals surface area contributed by atoms with Crippen molar-refractivity contribution in [2.45, 2.75) is 12.6 Å². The Labute approximate surface area is 178 Å². The molecule has 0 saturated carbocycles. The second-order valence-corrected chi connectivity index (χ2v) is 7.02. The van der Waals surface area contributed by atoms with Crippen LogP contribution in [0.1, 0.15) is 17.4 Å². The highest BCUT2D eigenvalue weighted by atomic mass is 35.5. The highest BCUT2D eigenvalue weighted by molar-refractivity contribution is 6.32. The number of halogens is 1. The zero-order chi connectivity index (χ0) is 20.9. The maximum absolute atomic E-state index is 13.1. The zero-order valence-electron chi connectivity index (χ0n) is 16.2. The van der Waals surface area contributed by atoms with E-state index in [9.17, 15) is 4.79 Å². The number of anilines is 1. The Balaban J connectivity index is 1.55. The minimum atomic E-state index is -0.594. The van der Waals surface area contributed by atoms with Crippen molar-refractivity contribution < 1.29 is 9.53 Å². The van der Waals surface area contributed by atoms with Gasteiger partial charge in [0.25, 0.3) is 0 Å². The van der Waals surface area contributed by atoms with Gasteiger partial charge >= 0.3 is 0 Å². The van der Waals surface area contributed by atoms with Gasteiger partial charge in [0.05, 0.1) is 18.7 Å². The number of nitrogens with zero attached hydrogens (tertiary/aromatic N) is 3. The molecular formula is C22H20ClN5O2. The smallest absolute Gasteiger partial charge is 0.246 e. The Hall–Kier alpha value is -3.42. The van der Waals surface area contributed by atoms with Crippen LogP contribution in [0, 0.1) is 0 Å². The molecule has 0 fully saturated rings. The molecule has 0 unspecified atom stereocenters. The highest BCUT2D eigenvalue weighted by Gasteiger charge is 2.21. The quantitative estimate of drug-likeness (QED) is 0.473. The summed E-state index contributed by atoms with van der Waals surface area (Å²) in [5, 5.41) is 15.0. The molecule has 8 heteroatoms. The fourth-order valence-corrected chi connectivity index (χ4v) is 3.43. The first kappa shape index (κ1) is 19.9. The number of benzene rings is 2. The lowest BCUT2D eigenvalue weighted by Crippen LogP contribution is -2.33. The van der Waals surface area contributed by atoms with Crippen LogP contribution in [-0.2, 0) is 11.3 Å². The van der Waals surface area contributed by atoms with Crippen molar-refractivity contribution >= 4 is 28.8 Å². The summed E-state index contributed by atoms with van der Waals surface area (Å²) in [7, 11) is 1.54. The molecule has 1 atom stereocenters. The molecule has 4 rings (SSSR count). The topological polar surface area (TPSA) is 80.5 Å². The summed E-state index contributed by atoms with van der Waals surface area (Å²) < 4.78 is 7.05. The van der Waals surface area contributed by atoms with Crippen LogP contribution in [-0.4, -0.2) is 27.6 Å². The van der Waals surface area contributed by atoms with Crippen LogP contribution in [0.4, 0.5) is 5.69 Å². The average Bonchev–Trinajstić information content (AvgIpc) is 3.18. The monoisotopic (exact) mass is 421 g/mol. The number of ether oxygens (including phenoxy) is 1. The molecule has 1 amide bonds. The number of aromatic nitrogens is 3. The van der Waals surface area contributed by atoms with Gasteiger partial charge in [0.15, 0.2) is 11.5 Å². The summed E-state index contributed by atoms with van der Waals surface area (Å²) in [6, 6.07) is 19.7.